The van der Waals surface area contributed by atoms with Crippen LogP contribution in [0, 0.1) is 13.8 Å². The van der Waals surface area contributed by atoms with Crippen molar-refractivity contribution in [2.75, 3.05) is 11.1 Å². The van der Waals surface area contributed by atoms with E-state index in [9.17, 15) is 4.79 Å². The van der Waals surface area contributed by atoms with E-state index >= 15 is 0 Å². The van der Waals surface area contributed by atoms with E-state index in [1.807, 2.05) is 68.4 Å². The number of carbonyl (C=O) groups excluding carboxylic acids is 1. The minimum atomic E-state index is -0.0933. The third-order valence-electron chi connectivity index (χ3n) is 4.13. The minimum absolute atomic E-state index is 0.0933. The number of benzene rings is 2. The summed E-state index contributed by atoms with van der Waals surface area (Å²) in [5.74, 6) is 0.972. The predicted octanol–water partition coefficient (Wildman–Crippen LogP) is 4.37. The first kappa shape index (κ1) is 18.2. The van der Waals surface area contributed by atoms with E-state index in [-0.39, 0.29) is 11.7 Å². The van der Waals surface area contributed by atoms with Gasteiger partial charge in [0.25, 0.3) is 0 Å². The molecular weight excluding hydrogens is 370 g/mol. The SMILES string of the molecule is Cc1cc(C)nc(SCC(=O)Nc2ccc(-c3nc4ccccc4[nH]3)cc2)n1. The zero-order valence-corrected chi connectivity index (χ0v) is 16.4. The molecule has 0 fully saturated rings. The molecule has 2 heterocycles. The zero-order valence-electron chi connectivity index (χ0n) is 15.6. The van der Waals surface area contributed by atoms with E-state index in [4.69, 9.17) is 0 Å². The molecule has 4 rings (SSSR count). The number of thioether (sulfide) groups is 1. The second-order valence-electron chi connectivity index (χ2n) is 6.45. The molecule has 0 aliphatic carbocycles. The maximum atomic E-state index is 12.2. The molecule has 0 saturated carbocycles. The first-order chi connectivity index (χ1) is 13.6. The van der Waals surface area contributed by atoms with Gasteiger partial charge in [0.15, 0.2) is 5.16 Å². The van der Waals surface area contributed by atoms with Gasteiger partial charge in [-0.25, -0.2) is 15.0 Å². The quantitative estimate of drug-likeness (QED) is 0.391. The Balaban J connectivity index is 1.39. The van der Waals surface area contributed by atoms with Crippen LogP contribution in [0.15, 0.2) is 59.8 Å². The number of aromatic amines is 1. The summed E-state index contributed by atoms with van der Waals surface area (Å²) in [6.07, 6.45) is 0. The molecule has 0 unspecified atom stereocenters. The largest absolute Gasteiger partial charge is 0.338 e. The van der Waals surface area contributed by atoms with E-state index < -0.39 is 0 Å². The van der Waals surface area contributed by atoms with Gasteiger partial charge in [0.1, 0.15) is 5.82 Å². The van der Waals surface area contributed by atoms with Gasteiger partial charge in [-0.2, -0.15) is 0 Å². The number of nitrogens with zero attached hydrogens (tertiary/aromatic N) is 3. The molecule has 0 spiro atoms. The van der Waals surface area contributed by atoms with Crippen LogP contribution in [0.5, 0.6) is 0 Å². The number of aryl methyl sites for hydroxylation is 2. The first-order valence-corrected chi connectivity index (χ1v) is 9.85. The molecule has 6 nitrogen and oxygen atoms in total. The van der Waals surface area contributed by atoms with Crippen molar-refractivity contribution in [1.82, 2.24) is 19.9 Å². The maximum Gasteiger partial charge on any atom is 0.234 e. The molecule has 0 aliphatic heterocycles. The van der Waals surface area contributed by atoms with Crippen LogP contribution in [0.4, 0.5) is 5.69 Å². The number of amides is 1. The van der Waals surface area contributed by atoms with Crippen LogP contribution in [0.1, 0.15) is 11.4 Å². The summed E-state index contributed by atoms with van der Waals surface area (Å²) in [5, 5.41) is 3.52. The van der Waals surface area contributed by atoms with Gasteiger partial charge in [0.05, 0.1) is 16.8 Å². The van der Waals surface area contributed by atoms with Crippen LogP contribution in [0.2, 0.25) is 0 Å². The molecule has 2 N–H and O–H groups in total. The van der Waals surface area contributed by atoms with Crippen molar-refractivity contribution in [3.63, 3.8) is 0 Å². The van der Waals surface area contributed by atoms with Crippen LogP contribution >= 0.6 is 11.8 Å². The van der Waals surface area contributed by atoms with E-state index in [1.54, 1.807) is 0 Å². The zero-order chi connectivity index (χ0) is 19.5. The number of rotatable bonds is 5. The van der Waals surface area contributed by atoms with Crippen molar-refractivity contribution < 1.29 is 4.79 Å². The van der Waals surface area contributed by atoms with Gasteiger partial charge in [-0.05, 0) is 56.3 Å². The lowest BCUT2D eigenvalue weighted by atomic mass is 10.2. The Morgan fingerprint density at radius 3 is 2.43 bits per heavy atom. The molecule has 1 amide bonds. The summed E-state index contributed by atoms with van der Waals surface area (Å²) in [7, 11) is 0. The average Bonchev–Trinajstić information content (AvgIpc) is 3.10. The molecule has 0 aliphatic rings. The highest BCUT2D eigenvalue weighted by molar-refractivity contribution is 7.99. The van der Waals surface area contributed by atoms with Crippen molar-refractivity contribution in [2.24, 2.45) is 0 Å². The fourth-order valence-electron chi connectivity index (χ4n) is 2.89. The van der Waals surface area contributed by atoms with Crippen molar-refractivity contribution in [2.45, 2.75) is 19.0 Å². The number of H-pyrrole nitrogens is 1. The van der Waals surface area contributed by atoms with Gasteiger partial charge in [0, 0.05) is 22.6 Å². The van der Waals surface area contributed by atoms with Gasteiger partial charge in [-0.3, -0.25) is 4.79 Å². The van der Waals surface area contributed by atoms with Crippen LogP contribution in [0.3, 0.4) is 0 Å². The molecule has 0 saturated heterocycles. The molecular formula is C21H19N5OS. The van der Waals surface area contributed by atoms with E-state index in [2.05, 4.69) is 25.3 Å². The molecule has 4 aromatic rings. The Bertz CT molecular complexity index is 1080. The lowest BCUT2D eigenvalue weighted by Gasteiger charge is -2.06. The summed E-state index contributed by atoms with van der Waals surface area (Å²) in [6.45, 7) is 3.84. The van der Waals surface area contributed by atoms with Crippen molar-refractivity contribution in [3.8, 4) is 11.4 Å². The highest BCUT2D eigenvalue weighted by atomic mass is 32.2. The highest BCUT2D eigenvalue weighted by Gasteiger charge is 2.08. The van der Waals surface area contributed by atoms with E-state index in [1.165, 1.54) is 11.8 Å². The summed E-state index contributed by atoms with van der Waals surface area (Å²) in [5.41, 5.74) is 5.44. The summed E-state index contributed by atoms with van der Waals surface area (Å²) >= 11 is 1.33. The van der Waals surface area contributed by atoms with Crippen molar-refractivity contribution in [1.29, 1.82) is 0 Å². The van der Waals surface area contributed by atoms with Crippen LogP contribution < -0.4 is 5.32 Å². The first-order valence-electron chi connectivity index (χ1n) is 8.87. The van der Waals surface area contributed by atoms with E-state index in [0.29, 0.717) is 5.16 Å². The van der Waals surface area contributed by atoms with Crippen LogP contribution in [0.25, 0.3) is 22.4 Å². The molecule has 2 aromatic heterocycles. The number of nitrogens with one attached hydrogen (secondary N) is 2. The second kappa shape index (κ2) is 7.82. The van der Waals surface area contributed by atoms with Crippen LogP contribution in [-0.2, 0) is 4.79 Å². The molecule has 7 heteroatoms. The lowest BCUT2D eigenvalue weighted by Crippen LogP contribution is -2.14. The highest BCUT2D eigenvalue weighted by Crippen LogP contribution is 2.22. The Labute approximate surface area is 166 Å². The minimum Gasteiger partial charge on any atom is -0.338 e. The number of aromatic nitrogens is 4. The summed E-state index contributed by atoms with van der Waals surface area (Å²) in [6, 6.07) is 17.4. The summed E-state index contributed by atoms with van der Waals surface area (Å²) in [4.78, 5) is 28.8. The topological polar surface area (TPSA) is 83.6 Å². The number of imidazole rings is 1. The van der Waals surface area contributed by atoms with Gasteiger partial charge in [-0.1, -0.05) is 23.9 Å². The Morgan fingerprint density at radius 2 is 1.71 bits per heavy atom. The van der Waals surface area contributed by atoms with Crippen molar-refractivity contribution >= 4 is 34.4 Å². The third-order valence-corrected chi connectivity index (χ3v) is 4.97. The Kier molecular flexibility index (Phi) is 5.08. The number of fused-ring (bicyclic) bond motifs is 1. The predicted molar refractivity (Wildman–Crippen MR) is 112 cm³/mol. The third kappa shape index (κ3) is 4.20. The molecule has 0 radical (unpaired) electrons. The number of hydrogen-bond donors (Lipinski definition) is 2. The smallest absolute Gasteiger partial charge is 0.234 e. The molecule has 0 bridgehead atoms. The number of carbonyl (C=O) groups is 1. The normalized spacial score (nSPS) is 10.9. The standard InChI is InChI=1S/C21H19N5OS/c1-13-11-14(2)23-21(22-13)28-12-19(27)24-16-9-7-15(8-10-16)20-25-17-5-3-4-6-18(17)26-20/h3-11H,12H2,1-2H3,(H,24,27)(H,25,26). The number of hydrogen-bond acceptors (Lipinski definition) is 5. The number of para-hydroxylation sites is 2. The fraction of sp³-hybridized carbons (Fsp3) is 0.143. The fourth-order valence-corrected chi connectivity index (χ4v) is 3.64. The van der Waals surface area contributed by atoms with Gasteiger partial charge < -0.3 is 10.3 Å². The van der Waals surface area contributed by atoms with Gasteiger partial charge >= 0.3 is 0 Å². The maximum absolute atomic E-state index is 12.2. The van der Waals surface area contributed by atoms with Gasteiger partial charge in [-0.15, -0.1) is 0 Å². The molecule has 140 valence electrons. The second-order valence-corrected chi connectivity index (χ2v) is 7.39. The van der Waals surface area contributed by atoms with Gasteiger partial charge in [0.2, 0.25) is 5.91 Å². The Hall–Kier alpha value is -3.19. The number of anilines is 1. The Morgan fingerprint density at radius 1 is 1.00 bits per heavy atom. The van der Waals surface area contributed by atoms with Crippen molar-refractivity contribution in [3.05, 3.63) is 66.0 Å². The average molecular weight is 389 g/mol. The monoisotopic (exact) mass is 389 g/mol. The molecule has 2 aromatic carbocycles. The van der Waals surface area contributed by atoms with E-state index in [0.717, 1.165) is 39.5 Å². The van der Waals surface area contributed by atoms with Crippen LogP contribution in [-0.4, -0.2) is 31.6 Å². The summed E-state index contributed by atoms with van der Waals surface area (Å²) < 4.78 is 0. The lowest BCUT2D eigenvalue weighted by molar-refractivity contribution is -0.113. The molecule has 0 atom stereocenters. The molecule has 28 heavy (non-hydrogen) atoms.